The molecular weight excluding hydrogens is 282 g/mol. The number of hydrogen-bond acceptors (Lipinski definition) is 5. The molecule has 1 amide bonds. The summed E-state index contributed by atoms with van der Waals surface area (Å²) in [7, 11) is 1.59. The zero-order valence-electron chi connectivity index (χ0n) is 12.1. The molecule has 6 nitrogen and oxygen atoms in total. The lowest BCUT2D eigenvalue weighted by Crippen LogP contribution is -2.26. The zero-order chi connectivity index (χ0) is 15.4. The topological polar surface area (TPSA) is 77.2 Å². The van der Waals surface area contributed by atoms with Crippen molar-refractivity contribution in [2.24, 2.45) is 0 Å². The van der Waals surface area contributed by atoms with E-state index in [4.69, 9.17) is 9.15 Å². The first-order valence-corrected chi connectivity index (χ1v) is 6.86. The highest BCUT2D eigenvalue weighted by atomic mass is 16.5. The van der Waals surface area contributed by atoms with E-state index >= 15 is 0 Å². The number of aromatic nitrogens is 2. The molecule has 0 fully saturated rings. The quantitative estimate of drug-likeness (QED) is 0.731. The van der Waals surface area contributed by atoms with Crippen molar-refractivity contribution in [3.63, 3.8) is 0 Å². The summed E-state index contributed by atoms with van der Waals surface area (Å²) in [6.07, 6.45) is 3.36. The Kier molecular flexibility index (Phi) is 4.11. The molecule has 0 aliphatic carbocycles. The van der Waals surface area contributed by atoms with Crippen LogP contribution in [0.5, 0.6) is 0 Å². The Hall–Kier alpha value is -2.73. The van der Waals surface area contributed by atoms with Gasteiger partial charge in [0.1, 0.15) is 5.52 Å². The van der Waals surface area contributed by atoms with Crippen LogP contribution in [0.4, 0.5) is 0 Å². The molecule has 22 heavy (non-hydrogen) atoms. The van der Waals surface area contributed by atoms with Gasteiger partial charge in [0.2, 0.25) is 5.89 Å². The van der Waals surface area contributed by atoms with Crippen molar-refractivity contribution in [1.82, 2.24) is 15.3 Å². The number of oxazole rings is 1. The molecule has 112 valence electrons. The summed E-state index contributed by atoms with van der Waals surface area (Å²) in [5, 5.41) is 2.77. The molecule has 1 N–H and O–H groups in total. The van der Waals surface area contributed by atoms with E-state index in [0.29, 0.717) is 35.7 Å². The summed E-state index contributed by atoms with van der Waals surface area (Å²) >= 11 is 0. The Labute approximate surface area is 127 Å². The normalized spacial score (nSPS) is 10.8. The number of benzene rings is 1. The summed E-state index contributed by atoms with van der Waals surface area (Å²) in [6, 6.07) is 8.82. The van der Waals surface area contributed by atoms with Gasteiger partial charge in [0.25, 0.3) is 5.91 Å². The second kappa shape index (κ2) is 6.36. The number of ether oxygens (including phenoxy) is 1. The average molecular weight is 297 g/mol. The smallest absolute Gasteiger partial charge is 0.251 e. The molecule has 0 saturated heterocycles. The average Bonchev–Trinajstić information content (AvgIpc) is 2.99. The molecule has 1 aromatic carbocycles. The number of rotatable bonds is 5. The minimum absolute atomic E-state index is 0.160. The molecular formula is C16H15N3O3. The lowest BCUT2D eigenvalue weighted by atomic mass is 10.2. The standard InChI is InChI=1S/C16H15N3O3/c1-21-9-8-18-15(20)12-2-3-14-13(10-12)19-16(22-14)11-4-6-17-7-5-11/h2-7,10H,8-9H2,1H3,(H,18,20). The monoisotopic (exact) mass is 297 g/mol. The fourth-order valence-electron chi connectivity index (χ4n) is 2.06. The van der Waals surface area contributed by atoms with Crippen molar-refractivity contribution < 1.29 is 13.9 Å². The number of pyridine rings is 1. The molecule has 6 heteroatoms. The molecule has 0 aliphatic rings. The third kappa shape index (κ3) is 2.96. The second-order valence-electron chi connectivity index (χ2n) is 4.69. The van der Waals surface area contributed by atoms with Crippen LogP contribution < -0.4 is 5.32 Å². The largest absolute Gasteiger partial charge is 0.436 e. The fourth-order valence-corrected chi connectivity index (χ4v) is 2.06. The number of methoxy groups -OCH3 is 1. The summed E-state index contributed by atoms with van der Waals surface area (Å²) in [4.78, 5) is 20.4. The number of hydrogen-bond donors (Lipinski definition) is 1. The van der Waals surface area contributed by atoms with E-state index in [1.165, 1.54) is 0 Å². The minimum atomic E-state index is -0.160. The van der Waals surface area contributed by atoms with Crippen LogP contribution in [0.1, 0.15) is 10.4 Å². The number of carbonyl (C=O) groups is 1. The molecule has 3 aromatic rings. The van der Waals surface area contributed by atoms with Gasteiger partial charge >= 0.3 is 0 Å². The van der Waals surface area contributed by atoms with E-state index in [0.717, 1.165) is 5.56 Å². The van der Waals surface area contributed by atoms with Gasteiger partial charge in [0.05, 0.1) is 6.61 Å². The molecule has 0 aliphatic heterocycles. The Morgan fingerprint density at radius 1 is 1.27 bits per heavy atom. The Morgan fingerprint density at radius 3 is 2.86 bits per heavy atom. The maximum absolute atomic E-state index is 12.0. The van der Waals surface area contributed by atoms with Crippen LogP contribution in [0.25, 0.3) is 22.6 Å². The number of fused-ring (bicyclic) bond motifs is 1. The van der Waals surface area contributed by atoms with Crippen LogP contribution in [0.2, 0.25) is 0 Å². The Morgan fingerprint density at radius 2 is 2.09 bits per heavy atom. The molecule has 3 rings (SSSR count). The number of carbonyl (C=O) groups excluding carboxylic acids is 1. The van der Waals surface area contributed by atoms with Crippen LogP contribution in [0.3, 0.4) is 0 Å². The highest BCUT2D eigenvalue weighted by molar-refractivity contribution is 5.97. The van der Waals surface area contributed by atoms with Gasteiger partial charge in [-0.3, -0.25) is 9.78 Å². The lowest BCUT2D eigenvalue weighted by molar-refractivity contribution is 0.0937. The number of nitrogens with zero attached hydrogens (tertiary/aromatic N) is 2. The van der Waals surface area contributed by atoms with Crippen LogP contribution >= 0.6 is 0 Å². The number of nitrogens with one attached hydrogen (secondary N) is 1. The molecule has 0 spiro atoms. The third-order valence-electron chi connectivity index (χ3n) is 3.17. The maximum Gasteiger partial charge on any atom is 0.251 e. The fraction of sp³-hybridized carbons (Fsp3) is 0.188. The molecule has 0 bridgehead atoms. The summed E-state index contributed by atoms with van der Waals surface area (Å²) in [5.74, 6) is 0.349. The highest BCUT2D eigenvalue weighted by Gasteiger charge is 2.11. The molecule has 2 heterocycles. The van der Waals surface area contributed by atoms with Gasteiger partial charge in [-0.05, 0) is 30.3 Å². The third-order valence-corrected chi connectivity index (χ3v) is 3.17. The lowest BCUT2D eigenvalue weighted by Gasteiger charge is -2.03. The van der Waals surface area contributed by atoms with Crippen LogP contribution in [0, 0.1) is 0 Å². The van der Waals surface area contributed by atoms with Crippen molar-refractivity contribution in [2.45, 2.75) is 0 Å². The van der Waals surface area contributed by atoms with Gasteiger partial charge in [-0.1, -0.05) is 0 Å². The van der Waals surface area contributed by atoms with Crippen LogP contribution in [0.15, 0.2) is 47.1 Å². The van der Waals surface area contributed by atoms with Crippen molar-refractivity contribution >= 4 is 17.0 Å². The van der Waals surface area contributed by atoms with E-state index in [2.05, 4.69) is 15.3 Å². The van der Waals surface area contributed by atoms with Crippen molar-refractivity contribution in [3.8, 4) is 11.5 Å². The zero-order valence-corrected chi connectivity index (χ0v) is 12.1. The van der Waals surface area contributed by atoms with Gasteiger partial charge in [0, 0.05) is 37.2 Å². The van der Waals surface area contributed by atoms with Gasteiger partial charge in [0.15, 0.2) is 5.58 Å². The van der Waals surface area contributed by atoms with Gasteiger partial charge in [-0.15, -0.1) is 0 Å². The van der Waals surface area contributed by atoms with Crippen LogP contribution in [-0.4, -0.2) is 36.1 Å². The first kappa shape index (κ1) is 14.2. The van der Waals surface area contributed by atoms with Crippen molar-refractivity contribution in [1.29, 1.82) is 0 Å². The Balaban J connectivity index is 1.86. The maximum atomic E-state index is 12.0. The molecule has 0 saturated carbocycles. The second-order valence-corrected chi connectivity index (χ2v) is 4.69. The van der Waals surface area contributed by atoms with Crippen molar-refractivity contribution in [3.05, 3.63) is 48.3 Å². The van der Waals surface area contributed by atoms with Gasteiger partial charge in [-0.25, -0.2) is 4.98 Å². The van der Waals surface area contributed by atoms with Crippen molar-refractivity contribution in [2.75, 3.05) is 20.3 Å². The summed E-state index contributed by atoms with van der Waals surface area (Å²) in [6.45, 7) is 0.943. The van der Waals surface area contributed by atoms with Gasteiger partial charge in [-0.2, -0.15) is 0 Å². The Bertz CT molecular complexity index is 784. The molecule has 0 unspecified atom stereocenters. The minimum Gasteiger partial charge on any atom is -0.436 e. The molecule has 2 aromatic heterocycles. The molecule has 0 atom stereocenters. The predicted molar refractivity (Wildman–Crippen MR) is 81.4 cm³/mol. The van der Waals surface area contributed by atoms with E-state index in [9.17, 15) is 4.79 Å². The molecule has 0 radical (unpaired) electrons. The first-order chi connectivity index (χ1) is 10.8. The SMILES string of the molecule is COCCNC(=O)c1ccc2oc(-c3ccncc3)nc2c1. The predicted octanol–water partition coefficient (Wildman–Crippen LogP) is 2.27. The summed E-state index contributed by atoms with van der Waals surface area (Å²) < 4.78 is 10.6. The first-order valence-electron chi connectivity index (χ1n) is 6.86. The van der Waals surface area contributed by atoms with E-state index in [1.807, 2.05) is 12.1 Å². The van der Waals surface area contributed by atoms with E-state index in [1.54, 1.807) is 37.7 Å². The van der Waals surface area contributed by atoms with Gasteiger partial charge < -0.3 is 14.5 Å². The van der Waals surface area contributed by atoms with E-state index < -0.39 is 0 Å². The van der Waals surface area contributed by atoms with E-state index in [-0.39, 0.29) is 5.91 Å². The number of amides is 1. The highest BCUT2D eigenvalue weighted by Crippen LogP contribution is 2.24. The summed E-state index contributed by atoms with van der Waals surface area (Å²) in [5.41, 5.74) is 2.67. The van der Waals surface area contributed by atoms with Crippen LogP contribution in [-0.2, 0) is 4.74 Å².